The zero-order valence-electron chi connectivity index (χ0n) is 10.8. The molecule has 2 atom stereocenters. The van der Waals surface area contributed by atoms with E-state index in [0.29, 0.717) is 5.92 Å². The zero-order valence-corrected chi connectivity index (χ0v) is 10.8. The van der Waals surface area contributed by atoms with Crippen molar-refractivity contribution >= 4 is 0 Å². The number of hydrogen-bond donors (Lipinski definition) is 2. The van der Waals surface area contributed by atoms with Crippen molar-refractivity contribution in [3.8, 4) is 0 Å². The Balaban J connectivity index is 1.80. The number of rotatable bonds is 5. The van der Waals surface area contributed by atoms with Crippen molar-refractivity contribution in [3.63, 3.8) is 0 Å². The fourth-order valence-electron chi connectivity index (χ4n) is 2.35. The first kappa shape index (κ1) is 14.2. The van der Waals surface area contributed by atoms with Gasteiger partial charge in [0.1, 0.15) is 11.6 Å². The molecular formula is C15H19F2NO. The molecule has 1 aliphatic rings. The Morgan fingerprint density at radius 3 is 2.84 bits per heavy atom. The molecule has 0 amide bonds. The molecule has 0 unspecified atom stereocenters. The summed E-state index contributed by atoms with van der Waals surface area (Å²) in [5.74, 6) is -0.749. The van der Waals surface area contributed by atoms with Crippen LogP contribution in [0.15, 0.2) is 30.4 Å². The Morgan fingerprint density at radius 2 is 2.16 bits per heavy atom. The number of allylic oxidation sites excluding steroid dienone is 2. The predicted molar refractivity (Wildman–Crippen MR) is 70.7 cm³/mol. The molecule has 0 saturated carbocycles. The summed E-state index contributed by atoms with van der Waals surface area (Å²) in [5, 5.41) is 13.0. The fourth-order valence-corrected chi connectivity index (χ4v) is 2.35. The van der Waals surface area contributed by atoms with Crippen LogP contribution in [0.25, 0.3) is 0 Å². The number of nitrogens with one attached hydrogen (secondary N) is 1. The van der Waals surface area contributed by atoms with Crippen molar-refractivity contribution in [2.45, 2.75) is 25.4 Å². The minimum atomic E-state index is -0.945. The maximum absolute atomic E-state index is 13.4. The first-order chi connectivity index (χ1) is 9.16. The Morgan fingerprint density at radius 1 is 1.32 bits per heavy atom. The quantitative estimate of drug-likeness (QED) is 0.804. The standard InChI is InChI=1S/C15H19F2NO/c16-12-6-7-13(14(17)8-12)15(19)10-18-9-11-4-2-1-3-5-11/h1-2,6-8,11,15,18-19H,3-5,9-10H2/t11-,15+/m0/s1. The van der Waals surface area contributed by atoms with Crippen LogP contribution in [0.4, 0.5) is 8.78 Å². The van der Waals surface area contributed by atoms with Crippen molar-refractivity contribution in [2.75, 3.05) is 13.1 Å². The molecule has 1 aromatic carbocycles. The second-order valence-electron chi connectivity index (χ2n) is 4.99. The maximum Gasteiger partial charge on any atom is 0.131 e. The van der Waals surface area contributed by atoms with Gasteiger partial charge in [0.25, 0.3) is 0 Å². The lowest BCUT2D eigenvalue weighted by atomic mass is 9.94. The number of hydrogen-bond acceptors (Lipinski definition) is 2. The van der Waals surface area contributed by atoms with Gasteiger partial charge in [0.2, 0.25) is 0 Å². The van der Waals surface area contributed by atoms with E-state index in [1.807, 2.05) is 0 Å². The highest BCUT2D eigenvalue weighted by molar-refractivity contribution is 5.21. The Labute approximate surface area is 112 Å². The third-order valence-corrected chi connectivity index (χ3v) is 3.47. The van der Waals surface area contributed by atoms with Gasteiger partial charge < -0.3 is 10.4 Å². The smallest absolute Gasteiger partial charge is 0.131 e. The molecule has 0 heterocycles. The van der Waals surface area contributed by atoms with Crippen molar-refractivity contribution in [3.05, 3.63) is 47.5 Å². The summed E-state index contributed by atoms with van der Waals surface area (Å²) >= 11 is 0. The van der Waals surface area contributed by atoms with Crippen molar-refractivity contribution < 1.29 is 13.9 Å². The Bertz CT molecular complexity index is 448. The van der Waals surface area contributed by atoms with Crippen LogP contribution in [0.5, 0.6) is 0 Å². The number of halogens is 2. The SMILES string of the molecule is O[C@H](CNC[C@H]1CC=CCC1)c1ccc(F)cc1F. The minimum Gasteiger partial charge on any atom is -0.387 e. The van der Waals surface area contributed by atoms with E-state index < -0.39 is 17.7 Å². The van der Waals surface area contributed by atoms with E-state index in [1.54, 1.807) is 0 Å². The van der Waals surface area contributed by atoms with Crippen LogP contribution in [0.1, 0.15) is 30.9 Å². The first-order valence-corrected chi connectivity index (χ1v) is 6.65. The third kappa shape index (κ3) is 4.11. The molecule has 0 bridgehead atoms. The fraction of sp³-hybridized carbons (Fsp3) is 0.467. The largest absolute Gasteiger partial charge is 0.387 e. The van der Waals surface area contributed by atoms with Crippen LogP contribution in [0.3, 0.4) is 0 Å². The second-order valence-corrected chi connectivity index (χ2v) is 4.99. The lowest BCUT2D eigenvalue weighted by Gasteiger charge is -2.19. The third-order valence-electron chi connectivity index (χ3n) is 3.47. The van der Waals surface area contributed by atoms with E-state index in [-0.39, 0.29) is 12.1 Å². The topological polar surface area (TPSA) is 32.3 Å². The summed E-state index contributed by atoms with van der Waals surface area (Å²) in [6.45, 7) is 1.09. The van der Waals surface area contributed by atoms with Crippen LogP contribution >= 0.6 is 0 Å². The normalized spacial score (nSPS) is 20.5. The molecule has 2 nitrogen and oxygen atoms in total. The van der Waals surface area contributed by atoms with Gasteiger partial charge in [-0.1, -0.05) is 18.2 Å². The molecule has 0 aromatic heterocycles. The molecule has 0 fully saturated rings. The molecule has 19 heavy (non-hydrogen) atoms. The highest BCUT2D eigenvalue weighted by Crippen LogP contribution is 2.19. The molecule has 1 aromatic rings. The number of aliphatic hydroxyl groups is 1. The molecule has 0 spiro atoms. The van der Waals surface area contributed by atoms with E-state index in [0.717, 1.165) is 37.9 Å². The van der Waals surface area contributed by atoms with Gasteiger partial charge in [0.15, 0.2) is 0 Å². The highest BCUT2D eigenvalue weighted by Gasteiger charge is 2.14. The van der Waals surface area contributed by atoms with Crippen molar-refractivity contribution in [1.82, 2.24) is 5.32 Å². The van der Waals surface area contributed by atoms with E-state index in [2.05, 4.69) is 17.5 Å². The maximum atomic E-state index is 13.4. The lowest BCUT2D eigenvalue weighted by Crippen LogP contribution is -2.28. The van der Waals surface area contributed by atoms with E-state index >= 15 is 0 Å². The van der Waals surface area contributed by atoms with Crippen LogP contribution in [0.2, 0.25) is 0 Å². The summed E-state index contributed by atoms with van der Waals surface area (Å²) in [4.78, 5) is 0. The number of aliphatic hydroxyl groups excluding tert-OH is 1. The van der Waals surface area contributed by atoms with Gasteiger partial charge in [-0.2, -0.15) is 0 Å². The number of benzene rings is 1. The summed E-state index contributed by atoms with van der Waals surface area (Å²) in [5.41, 5.74) is 0.137. The van der Waals surface area contributed by atoms with Gasteiger partial charge in [-0.25, -0.2) is 8.78 Å². The lowest BCUT2D eigenvalue weighted by molar-refractivity contribution is 0.167. The van der Waals surface area contributed by atoms with E-state index in [1.165, 1.54) is 6.07 Å². The van der Waals surface area contributed by atoms with Crippen LogP contribution in [0, 0.1) is 17.6 Å². The summed E-state index contributed by atoms with van der Waals surface area (Å²) in [7, 11) is 0. The Hall–Kier alpha value is -1.26. The first-order valence-electron chi connectivity index (χ1n) is 6.65. The van der Waals surface area contributed by atoms with Crippen LogP contribution < -0.4 is 5.32 Å². The van der Waals surface area contributed by atoms with Gasteiger partial charge in [-0.3, -0.25) is 0 Å². The molecule has 104 valence electrons. The van der Waals surface area contributed by atoms with Crippen molar-refractivity contribution in [1.29, 1.82) is 0 Å². The predicted octanol–water partition coefficient (Wildman–Crippen LogP) is 2.94. The van der Waals surface area contributed by atoms with E-state index in [9.17, 15) is 13.9 Å². The molecule has 4 heteroatoms. The monoisotopic (exact) mass is 267 g/mol. The molecule has 1 aliphatic carbocycles. The molecule has 0 radical (unpaired) electrons. The van der Waals surface area contributed by atoms with E-state index in [4.69, 9.17) is 0 Å². The van der Waals surface area contributed by atoms with Gasteiger partial charge in [-0.15, -0.1) is 0 Å². The summed E-state index contributed by atoms with van der Waals surface area (Å²) in [6, 6.07) is 3.25. The van der Waals surface area contributed by atoms with Crippen LogP contribution in [-0.2, 0) is 0 Å². The van der Waals surface area contributed by atoms with Gasteiger partial charge in [-0.05, 0) is 37.8 Å². The molecule has 0 saturated heterocycles. The minimum absolute atomic E-state index is 0.137. The zero-order chi connectivity index (χ0) is 13.7. The summed E-state index contributed by atoms with van der Waals surface area (Å²) in [6.07, 6.45) is 6.70. The van der Waals surface area contributed by atoms with Gasteiger partial charge in [0.05, 0.1) is 6.10 Å². The van der Waals surface area contributed by atoms with Gasteiger partial charge >= 0.3 is 0 Å². The van der Waals surface area contributed by atoms with Crippen molar-refractivity contribution in [2.24, 2.45) is 5.92 Å². The molecule has 2 rings (SSSR count). The molecule has 2 N–H and O–H groups in total. The summed E-state index contributed by atoms with van der Waals surface area (Å²) < 4.78 is 26.2. The Kier molecular flexibility index (Phi) is 5.05. The molecule has 0 aliphatic heterocycles. The average Bonchev–Trinajstić information content (AvgIpc) is 2.39. The molecular weight excluding hydrogens is 248 g/mol. The highest BCUT2D eigenvalue weighted by atomic mass is 19.1. The second kappa shape index (κ2) is 6.78. The average molecular weight is 267 g/mol. The van der Waals surface area contributed by atoms with Crippen LogP contribution in [-0.4, -0.2) is 18.2 Å². The van der Waals surface area contributed by atoms with Gasteiger partial charge in [0, 0.05) is 18.2 Å².